The summed E-state index contributed by atoms with van der Waals surface area (Å²) in [6, 6.07) is 18.4. The number of nitrogens with zero attached hydrogens (tertiary/aromatic N) is 1. The number of amides is 1. The molecule has 3 N–H and O–H groups in total. The van der Waals surface area contributed by atoms with Crippen LogP contribution in [0.5, 0.6) is 0 Å². The molecule has 1 saturated heterocycles. The Bertz CT molecular complexity index is 686. The second kappa shape index (κ2) is 7.49. The van der Waals surface area contributed by atoms with E-state index in [0.717, 1.165) is 25.9 Å². The van der Waals surface area contributed by atoms with Crippen molar-refractivity contribution in [1.29, 1.82) is 0 Å². The first kappa shape index (κ1) is 16.5. The summed E-state index contributed by atoms with van der Waals surface area (Å²) in [6.07, 6.45) is 1.93. The summed E-state index contributed by atoms with van der Waals surface area (Å²) in [7, 11) is 0. The Hall–Kier alpha value is -2.33. The predicted molar refractivity (Wildman–Crippen MR) is 97.7 cm³/mol. The van der Waals surface area contributed by atoms with E-state index in [0.29, 0.717) is 17.3 Å². The Morgan fingerprint density at radius 3 is 2.58 bits per heavy atom. The van der Waals surface area contributed by atoms with Gasteiger partial charge in [-0.05, 0) is 37.5 Å². The minimum Gasteiger partial charge on any atom is -0.398 e. The van der Waals surface area contributed by atoms with Crippen molar-refractivity contribution < 1.29 is 4.79 Å². The highest BCUT2D eigenvalue weighted by Gasteiger charge is 2.26. The van der Waals surface area contributed by atoms with Gasteiger partial charge < -0.3 is 11.1 Å². The van der Waals surface area contributed by atoms with Gasteiger partial charge in [0.25, 0.3) is 5.91 Å². The van der Waals surface area contributed by atoms with E-state index in [1.54, 1.807) is 12.1 Å². The fraction of sp³-hybridized carbons (Fsp3) is 0.350. The number of benzene rings is 2. The SMILES string of the molecule is CC1CC(NC(=O)c2ccccc2N)CCN1Cc1ccccc1. The van der Waals surface area contributed by atoms with Gasteiger partial charge in [0.2, 0.25) is 0 Å². The maximum atomic E-state index is 12.4. The number of nitrogens with one attached hydrogen (secondary N) is 1. The number of nitrogen functional groups attached to an aromatic ring is 1. The first-order valence-corrected chi connectivity index (χ1v) is 8.57. The summed E-state index contributed by atoms with van der Waals surface area (Å²) in [6.45, 7) is 4.19. The molecule has 1 aliphatic heterocycles. The van der Waals surface area contributed by atoms with Gasteiger partial charge in [-0.2, -0.15) is 0 Å². The summed E-state index contributed by atoms with van der Waals surface area (Å²) in [5, 5.41) is 3.15. The van der Waals surface area contributed by atoms with E-state index < -0.39 is 0 Å². The number of rotatable bonds is 4. The third-order valence-electron chi connectivity index (χ3n) is 4.78. The van der Waals surface area contributed by atoms with Crippen molar-refractivity contribution >= 4 is 11.6 Å². The monoisotopic (exact) mass is 323 g/mol. The van der Waals surface area contributed by atoms with Crippen LogP contribution in [-0.4, -0.2) is 29.4 Å². The zero-order valence-electron chi connectivity index (χ0n) is 14.1. The molecule has 3 rings (SSSR count). The number of hydrogen-bond donors (Lipinski definition) is 2. The molecule has 0 aliphatic carbocycles. The molecule has 0 radical (unpaired) electrons. The van der Waals surface area contributed by atoms with Crippen molar-refractivity contribution in [2.75, 3.05) is 12.3 Å². The van der Waals surface area contributed by atoms with Gasteiger partial charge in [0.05, 0.1) is 5.56 Å². The van der Waals surface area contributed by atoms with E-state index in [1.165, 1.54) is 5.56 Å². The van der Waals surface area contributed by atoms with Crippen LogP contribution in [0.15, 0.2) is 54.6 Å². The Labute approximate surface area is 143 Å². The van der Waals surface area contributed by atoms with Crippen LogP contribution in [0.4, 0.5) is 5.69 Å². The van der Waals surface area contributed by atoms with Crippen LogP contribution in [0.3, 0.4) is 0 Å². The minimum atomic E-state index is -0.0678. The maximum Gasteiger partial charge on any atom is 0.253 e. The van der Waals surface area contributed by atoms with E-state index in [2.05, 4.69) is 41.4 Å². The van der Waals surface area contributed by atoms with Crippen molar-refractivity contribution in [1.82, 2.24) is 10.2 Å². The molecule has 0 saturated carbocycles. The second-order valence-corrected chi connectivity index (χ2v) is 6.59. The normalized spacial score (nSPS) is 21.4. The van der Waals surface area contributed by atoms with Crippen LogP contribution >= 0.6 is 0 Å². The van der Waals surface area contributed by atoms with Gasteiger partial charge in [-0.15, -0.1) is 0 Å². The molecule has 1 heterocycles. The summed E-state index contributed by atoms with van der Waals surface area (Å²) in [5.41, 5.74) is 8.33. The highest BCUT2D eigenvalue weighted by atomic mass is 16.1. The Kier molecular flexibility index (Phi) is 5.16. The number of nitrogens with two attached hydrogens (primary N) is 1. The highest BCUT2D eigenvalue weighted by Crippen LogP contribution is 2.21. The molecular weight excluding hydrogens is 298 g/mol. The molecule has 0 spiro atoms. The topological polar surface area (TPSA) is 58.4 Å². The van der Waals surface area contributed by atoms with Crippen molar-refractivity contribution in [2.24, 2.45) is 0 Å². The Morgan fingerprint density at radius 2 is 1.88 bits per heavy atom. The van der Waals surface area contributed by atoms with E-state index in [-0.39, 0.29) is 11.9 Å². The van der Waals surface area contributed by atoms with Gasteiger partial charge in [-0.3, -0.25) is 9.69 Å². The van der Waals surface area contributed by atoms with E-state index in [9.17, 15) is 4.79 Å². The van der Waals surface area contributed by atoms with Gasteiger partial charge in [0.1, 0.15) is 0 Å². The van der Waals surface area contributed by atoms with Crippen molar-refractivity contribution in [2.45, 2.75) is 38.4 Å². The van der Waals surface area contributed by atoms with Crippen molar-refractivity contribution in [3.8, 4) is 0 Å². The fourth-order valence-electron chi connectivity index (χ4n) is 3.37. The van der Waals surface area contributed by atoms with Gasteiger partial charge >= 0.3 is 0 Å². The van der Waals surface area contributed by atoms with Crippen LogP contribution in [0.25, 0.3) is 0 Å². The lowest BCUT2D eigenvalue weighted by atomic mass is 9.97. The summed E-state index contributed by atoms with van der Waals surface area (Å²) in [5.74, 6) is -0.0678. The van der Waals surface area contributed by atoms with Crippen LogP contribution in [0.1, 0.15) is 35.7 Å². The molecule has 1 fully saturated rings. The standard InChI is InChI=1S/C20H25N3O/c1-15-13-17(22-20(24)18-9-5-6-10-19(18)21)11-12-23(15)14-16-7-3-2-4-8-16/h2-10,15,17H,11-14,21H2,1H3,(H,22,24). The van der Waals surface area contributed by atoms with E-state index in [1.807, 2.05) is 18.2 Å². The summed E-state index contributed by atoms with van der Waals surface area (Å²) < 4.78 is 0. The maximum absolute atomic E-state index is 12.4. The fourth-order valence-corrected chi connectivity index (χ4v) is 3.37. The number of para-hydroxylation sites is 1. The lowest BCUT2D eigenvalue weighted by molar-refractivity contribution is 0.0867. The third-order valence-corrected chi connectivity index (χ3v) is 4.78. The number of carbonyl (C=O) groups is 1. The molecule has 2 aromatic rings. The zero-order valence-corrected chi connectivity index (χ0v) is 14.1. The van der Waals surface area contributed by atoms with Gasteiger partial charge in [-0.1, -0.05) is 42.5 Å². The largest absolute Gasteiger partial charge is 0.398 e. The van der Waals surface area contributed by atoms with E-state index in [4.69, 9.17) is 5.73 Å². The molecule has 4 heteroatoms. The first-order chi connectivity index (χ1) is 11.6. The van der Waals surface area contributed by atoms with E-state index >= 15 is 0 Å². The molecule has 1 aliphatic rings. The lowest BCUT2D eigenvalue weighted by Crippen LogP contribution is -2.48. The number of hydrogen-bond acceptors (Lipinski definition) is 3. The average Bonchev–Trinajstić information content (AvgIpc) is 2.58. The predicted octanol–water partition coefficient (Wildman–Crippen LogP) is 3.05. The third kappa shape index (κ3) is 3.95. The molecular formula is C20H25N3O. The highest BCUT2D eigenvalue weighted by molar-refractivity contribution is 5.99. The number of piperidine rings is 1. The lowest BCUT2D eigenvalue weighted by Gasteiger charge is -2.38. The molecule has 126 valence electrons. The number of likely N-dealkylation sites (tertiary alicyclic amines) is 1. The molecule has 0 aromatic heterocycles. The molecule has 1 amide bonds. The Morgan fingerprint density at radius 1 is 1.17 bits per heavy atom. The molecule has 2 aromatic carbocycles. The number of carbonyl (C=O) groups excluding carboxylic acids is 1. The minimum absolute atomic E-state index is 0.0678. The molecule has 4 nitrogen and oxygen atoms in total. The van der Waals surface area contributed by atoms with Crippen molar-refractivity contribution in [3.05, 3.63) is 65.7 Å². The number of anilines is 1. The second-order valence-electron chi connectivity index (χ2n) is 6.59. The van der Waals surface area contributed by atoms with Crippen LogP contribution < -0.4 is 11.1 Å². The first-order valence-electron chi connectivity index (χ1n) is 8.57. The van der Waals surface area contributed by atoms with Crippen LogP contribution in [0.2, 0.25) is 0 Å². The summed E-state index contributed by atoms with van der Waals surface area (Å²) in [4.78, 5) is 14.9. The van der Waals surface area contributed by atoms with Crippen LogP contribution in [0, 0.1) is 0 Å². The zero-order chi connectivity index (χ0) is 16.9. The van der Waals surface area contributed by atoms with Gasteiger partial charge in [0.15, 0.2) is 0 Å². The smallest absolute Gasteiger partial charge is 0.253 e. The molecule has 24 heavy (non-hydrogen) atoms. The Balaban J connectivity index is 1.56. The van der Waals surface area contributed by atoms with Gasteiger partial charge in [0, 0.05) is 30.9 Å². The van der Waals surface area contributed by atoms with Crippen LogP contribution in [-0.2, 0) is 6.54 Å². The van der Waals surface area contributed by atoms with Crippen molar-refractivity contribution in [3.63, 3.8) is 0 Å². The average molecular weight is 323 g/mol. The summed E-state index contributed by atoms with van der Waals surface area (Å²) >= 11 is 0. The molecule has 0 bridgehead atoms. The van der Waals surface area contributed by atoms with Gasteiger partial charge in [-0.25, -0.2) is 0 Å². The quantitative estimate of drug-likeness (QED) is 0.850. The molecule has 2 unspecified atom stereocenters. The molecule has 2 atom stereocenters.